The summed E-state index contributed by atoms with van der Waals surface area (Å²) in [4.78, 5) is 19.8. The maximum absolute atomic E-state index is 12.0. The average molecular weight is 290 g/mol. The Hall–Kier alpha value is -2.28. The number of amides is 1. The smallest absolute Gasteiger partial charge is 0.267 e. The molecule has 0 aliphatic rings. The summed E-state index contributed by atoms with van der Waals surface area (Å²) in [6, 6.07) is 8.68. The molecule has 0 fully saturated rings. The fourth-order valence-electron chi connectivity index (χ4n) is 1.59. The van der Waals surface area contributed by atoms with Crippen LogP contribution < -0.4 is 10.9 Å². The van der Waals surface area contributed by atoms with Gasteiger partial charge in [-0.2, -0.15) is 0 Å². The van der Waals surface area contributed by atoms with E-state index in [2.05, 4.69) is 20.8 Å². The van der Waals surface area contributed by atoms with E-state index in [1.807, 2.05) is 6.07 Å². The van der Waals surface area contributed by atoms with Gasteiger partial charge in [0.05, 0.1) is 0 Å². The molecular formula is C13H14N4O2S. The van der Waals surface area contributed by atoms with Gasteiger partial charge in [-0.1, -0.05) is 12.1 Å². The minimum atomic E-state index is -0.939. The second kappa shape index (κ2) is 6.76. The quantitative estimate of drug-likeness (QED) is 0.806. The van der Waals surface area contributed by atoms with Crippen molar-refractivity contribution in [3.8, 4) is 0 Å². The largest absolute Gasteiger partial charge is 0.269 e. The number of nitrogens with zero attached hydrogens (tertiary/aromatic N) is 2. The molecule has 1 amide bonds. The van der Waals surface area contributed by atoms with Crippen molar-refractivity contribution in [3.05, 3.63) is 53.9 Å². The molecule has 2 aromatic rings. The Morgan fingerprint density at radius 1 is 1.25 bits per heavy atom. The molecule has 0 aliphatic carbocycles. The van der Waals surface area contributed by atoms with Crippen LogP contribution in [0.3, 0.4) is 0 Å². The highest BCUT2D eigenvalue weighted by atomic mass is 32.2. The second-order valence-corrected chi connectivity index (χ2v) is 5.50. The molecule has 20 heavy (non-hydrogen) atoms. The Labute approximate surface area is 119 Å². The van der Waals surface area contributed by atoms with Gasteiger partial charge in [0.2, 0.25) is 5.95 Å². The van der Waals surface area contributed by atoms with Gasteiger partial charge in [0.25, 0.3) is 5.91 Å². The first kappa shape index (κ1) is 14.1. The van der Waals surface area contributed by atoms with Crippen LogP contribution in [-0.4, -0.2) is 26.3 Å². The summed E-state index contributed by atoms with van der Waals surface area (Å²) in [6.07, 6.45) is 4.76. The zero-order chi connectivity index (χ0) is 14.4. The standard InChI is InChI=1S/C13H14N4O2S/c1-20(19)9-10-4-2-5-11(8-10)12(18)16-17-13-14-6-3-7-15-13/h2-8H,9H2,1H3,(H,16,18)(H,14,15,17)/t20-/m1/s1. The lowest BCUT2D eigenvalue weighted by molar-refractivity contribution is 0.0962. The van der Waals surface area contributed by atoms with Crippen molar-refractivity contribution in [3.63, 3.8) is 0 Å². The number of hydrazine groups is 1. The van der Waals surface area contributed by atoms with Gasteiger partial charge in [0, 0.05) is 40.8 Å². The first-order valence-electron chi connectivity index (χ1n) is 5.87. The number of aromatic nitrogens is 2. The topological polar surface area (TPSA) is 84.0 Å². The molecule has 7 heteroatoms. The van der Waals surface area contributed by atoms with Gasteiger partial charge in [-0.25, -0.2) is 9.97 Å². The van der Waals surface area contributed by atoms with Gasteiger partial charge >= 0.3 is 0 Å². The molecule has 0 spiro atoms. The van der Waals surface area contributed by atoms with Gasteiger partial charge in [-0.05, 0) is 23.8 Å². The average Bonchev–Trinajstić information content (AvgIpc) is 2.45. The lowest BCUT2D eigenvalue weighted by Gasteiger charge is -2.07. The molecule has 1 aromatic heterocycles. The van der Waals surface area contributed by atoms with Crippen molar-refractivity contribution in [1.29, 1.82) is 0 Å². The first-order chi connectivity index (χ1) is 9.65. The van der Waals surface area contributed by atoms with Gasteiger partial charge in [-0.3, -0.25) is 19.9 Å². The number of rotatable bonds is 5. The summed E-state index contributed by atoms with van der Waals surface area (Å²) in [7, 11) is -0.939. The van der Waals surface area contributed by atoms with Gasteiger partial charge < -0.3 is 0 Å². The minimum absolute atomic E-state index is 0.304. The molecule has 2 N–H and O–H groups in total. The third-order valence-electron chi connectivity index (χ3n) is 2.41. The Morgan fingerprint density at radius 2 is 2.00 bits per heavy atom. The van der Waals surface area contributed by atoms with E-state index in [4.69, 9.17) is 0 Å². The highest BCUT2D eigenvalue weighted by Gasteiger charge is 2.07. The summed E-state index contributed by atoms with van der Waals surface area (Å²) >= 11 is 0. The third kappa shape index (κ3) is 4.13. The normalized spacial score (nSPS) is 11.7. The maximum atomic E-state index is 12.0. The van der Waals surface area contributed by atoms with Crippen LogP contribution in [-0.2, 0) is 16.6 Å². The fourth-order valence-corrected chi connectivity index (χ4v) is 2.23. The van der Waals surface area contributed by atoms with E-state index >= 15 is 0 Å². The minimum Gasteiger partial charge on any atom is -0.267 e. The zero-order valence-corrected chi connectivity index (χ0v) is 11.7. The molecule has 1 aromatic carbocycles. The maximum Gasteiger partial charge on any atom is 0.269 e. The van der Waals surface area contributed by atoms with E-state index in [0.717, 1.165) is 5.56 Å². The number of hydrogen-bond donors (Lipinski definition) is 2. The van der Waals surface area contributed by atoms with E-state index in [9.17, 15) is 9.00 Å². The van der Waals surface area contributed by atoms with Gasteiger partial charge in [0.1, 0.15) is 0 Å². The molecule has 0 saturated carbocycles. The van der Waals surface area contributed by atoms with Crippen LogP contribution in [0, 0.1) is 0 Å². The lowest BCUT2D eigenvalue weighted by atomic mass is 10.1. The van der Waals surface area contributed by atoms with Crippen LogP contribution in [0.25, 0.3) is 0 Å². The van der Waals surface area contributed by atoms with Crippen molar-refractivity contribution >= 4 is 22.7 Å². The molecule has 0 bridgehead atoms. The number of anilines is 1. The summed E-state index contributed by atoms with van der Waals surface area (Å²) < 4.78 is 11.2. The molecule has 6 nitrogen and oxygen atoms in total. The van der Waals surface area contributed by atoms with Crippen LogP contribution in [0.1, 0.15) is 15.9 Å². The van der Waals surface area contributed by atoms with Crippen LogP contribution in [0.4, 0.5) is 5.95 Å². The Kier molecular flexibility index (Phi) is 4.78. The summed E-state index contributed by atoms with van der Waals surface area (Å²) in [5.41, 5.74) is 6.47. The molecule has 0 saturated heterocycles. The van der Waals surface area contributed by atoms with Crippen LogP contribution >= 0.6 is 0 Å². The van der Waals surface area contributed by atoms with Crippen LogP contribution in [0.5, 0.6) is 0 Å². The number of benzene rings is 1. The van der Waals surface area contributed by atoms with Crippen molar-refractivity contribution in [1.82, 2.24) is 15.4 Å². The van der Waals surface area contributed by atoms with Crippen molar-refractivity contribution in [2.24, 2.45) is 0 Å². The number of nitrogens with one attached hydrogen (secondary N) is 2. The molecule has 2 rings (SSSR count). The number of carbonyl (C=O) groups is 1. The fraction of sp³-hybridized carbons (Fsp3) is 0.154. The molecule has 0 unspecified atom stereocenters. The molecule has 104 valence electrons. The van der Waals surface area contributed by atoms with Crippen molar-refractivity contribution in [2.45, 2.75) is 5.75 Å². The predicted molar refractivity (Wildman–Crippen MR) is 77.3 cm³/mol. The Balaban J connectivity index is 2.00. The molecule has 1 heterocycles. The van der Waals surface area contributed by atoms with E-state index in [1.165, 1.54) is 0 Å². The molecule has 1 atom stereocenters. The van der Waals surface area contributed by atoms with E-state index in [-0.39, 0.29) is 5.91 Å². The van der Waals surface area contributed by atoms with Gasteiger partial charge in [0.15, 0.2) is 0 Å². The summed E-state index contributed by atoms with van der Waals surface area (Å²) in [5, 5.41) is 0. The zero-order valence-electron chi connectivity index (χ0n) is 10.9. The molecule has 0 radical (unpaired) electrons. The highest BCUT2D eigenvalue weighted by molar-refractivity contribution is 7.83. The summed E-state index contributed by atoms with van der Waals surface area (Å²) in [6.45, 7) is 0. The van der Waals surface area contributed by atoms with Crippen molar-refractivity contribution < 1.29 is 9.00 Å². The van der Waals surface area contributed by atoms with Crippen molar-refractivity contribution in [2.75, 3.05) is 11.7 Å². The van der Waals surface area contributed by atoms with Crippen LogP contribution in [0.15, 0.2) is 42.7 Å². The highest BCUT2D eigenvalue weighted by Crippen LogP contribution is 2.07. The number of hydrogen-bond acceptors (Lipinski definition) is 5. The monoisotopic (exact) mass is 290 g/mol. The first-order valence-corrected chi connectivity index (χ1v) is 7.60. The SMILES string of the molecule is C[S@@](=O)Cc1cccc(C(=O)NNc2ncccn2)c1. The third-order valence-corrected chi connectivity index (χ3v) is 3.15. The summed E-state index contributed by atoms with van der Waals surface area (Å²) in [5.74, 6) is 0.434. The van der Waals surface area contributed by atoms with E-state index in [1.54, 1.807) is 42.9 Å². The number of carbonyl (C=O) groups excluding carboxylic acids is 1. The molecule has 0 aliphatic heterocycles. The van der Waals surface area contributed by atoms with E-state index < -0.39 is 10.8 Å². The lowest BCUT2D eigenvalue weighted by Crippen LogP contribution is -2.30. The van der Waals surface area contributed by atoms with Gasteiger partial charge in [-0.15, -0.1) is 0 Å². The van der Waals surface area contributed by atoms with E-state index in [0.29, 0.717) is 17.3 Å². The Morgan fingerprint density at radius 3 is 2.70 bits per heavy atom. The Bertz CT molecular complexity index is 619. The second-order valence-electron chi connectivity index (χ2n) is 4.07. The van der Waals surface area contributed by atoms with Crippen LogP contribution in [0.2, 0.25) is 0 Å². The molecular weight excluding hydrogens is 276 g/mol. The predicted octanol–water partition coefficient (Wildman–Crippen LogP) is 1.11.